The van der Waals surface area contributed by atoms with Gasteiger partial charge in [0.2, 0.25) is 15.9 Å². The van der Waals surface area contributed by atoms with E-state index in [2.05, 4.69) is 19.2 Å². The van der Waals surface area contributed by atoms with Gasteiger partial charge in [0.15, 0.2) is 0 Å². The topological polar surface area (TPSA) is 66.5 Å². The quantitative estimate of drug-likeness (QED) is 0.736. The van der Waals surface area contributed by atoms with Gasteiger partial charge in [-0.05, 0) is 30.0 Å². The van der Waals surface area contributed by atoms with Crippen LogP contribution in [0.15, 0.2) is 24.3 Å². The third-order valence-corrected chi connectivity index (χ3v) is 4.88. The zero-order valence-corrected chi connectivity index (χ0v) is 15.5. The van der Waals surface area contributed by atoms with Crippen molar-refractivity contribution in [1.82, 2.24) is 9.62 Å². The minimum Gasteiger partial charge on any atom is -0.356 e. The van der Waals surface area contributed by atoms with Crippen LogP contribution in [0.5, 0.6) is 0 Å². The molecule has 0 saturated carbocycles. The molecule has 23 heavy (non-hydrogen) atoms. The van der Waals surface area contributed by atoms with Crippen LogP contribution in [0.3, 0.4) is 0 Å². The summed E-state index contributed by atoms with van der Waals surface area (Å²) >= 11 is 5.83. The van der Waals surface area contributed by atoms with Crippen molar-refractivity contribution in [3.63, 3.8) is 0 Å². The number of sulfonamides is 1. The van der Waals surface area contributed by atoms with E-state index in [4.69, 9.17) is 11.6 Å². The highest BCUT2D eigenvalue weighted by Gasteiger charge is 2.18. The molecular weight excluding hydrogens is 336 g/mol. The van der Waals surface area contributed by atoms with Gasteiger partial charge in [-0.25, -0.2) is 8.42 Å². The average Bonchev–Trinajstić information content (AvgIpc) is 2.43. The van der Waals surface area contributed by atoms with Gasteiger partial charge in [-0.15, -0.1) is 0 Å². The lowest BCUT2D eigenvalue weighted by Gasteiger charge is -2.20. The Balaban J connectivity index is 2.56. The number of halogens is 1. The minimum atomic E-state index is -3.38. The number of hydrogen-bond donors (Lipinski definition) is 1. The molecule has 0 atom stereocenters. The molecule has 1 aromatic carbocycles. The van der Waals surface area contributed by atoms with Gasteiger partial charge in [-0.3, -0.25) is 4.79 Å². The highest BCUT2D eigenvalue weighted by atomic mass is 35.5. The smallest absolute Gasteiger partial charge is 0.221 e. The molecule has 7 heteroatoms. The Hall–Kier alpha value is -1.11. The monoisotopic (exact) mass is 360 g/mol. The van der Waals surface area contributed by atoms with Gasteiger partial charge >= 0.3 is 0 Å². The van der Waals surface area contributed by atoms with Crippen LogP contribution in [0.2, 0.25) is 5.02 Å². The number of nitrogens with zero attached hydrogens (tertiary/aromatic N) is 1. The summed E-state index contributed by atoms with van der Waals surface area (Å²) in [5.74, 6) is 0.392. The molecule has 0 heterocycles. The summed E-state index contributed by atoms with van der Waals surface area (Å²) < 4.78 is 25.1. The fraction of sp³-hybridized carbons (Fsp3) is 0.562. The number of nitrogens with one attached hydrogen (secondary N) is 1. The molecule has 1 rings (SSSR count). The van der Waals surface area contributed by atoms with E-state index in [1.807, 2.05) is 0 Å². The first-order valence-corrected chi connectivity index (χ1v) is 9.87. The Morgan fingerprint density at radius 3 is 2.39 bits per heavy atom. The first kappa shape index (κ1) is 19.9. The lowest BCUT2D eigenvalue weighted by atomic mass is 10.1. The Morgan fingerprint density at radius 2 is 1.87 bits per heavy atom. The Labute approximate surface area is 144 Å². The second kappa shape index (κ2) is 9.25. The first-order valence-electron chi connectivity index (χ1n) is 7.64. The van der Waals surface area contributed by atoms with E-state index in [0.717, 1.165) is 18.2 Å². The number of carbonyl (C=O) groups is 1. The normalized spacial score (nSPS) is 11.9. The van der Waals surface area contributed by atoms with Crippen LogP contribution in [-0.2, 0) is 21.4 Å². The van der Waals surface area contributed by atoms with Crippen molar-refractivity contribution < 1.29 is 13.2 Å². The Bertz CT molecular complexity index is 600. The van der Waals surface area contributed by atoms with E-state index >= 15 is 0 Å². The highest BCUT2D eigenvalue weighted by molar-refractivity contribution is 7.88. The summed E-state index contributed by atoms with van der Waals surface area (Å²) in [6, 6.07) is 7.00. The summed E-state index contributed by atoms with van der Waals surface area (Å²) in [5, 5.41) is 3.42. The SMILES string of the molecule is CC(C)CCNC(=O)CCN(Cc1ccc(Cl)cc1)S(C)(=O)=O. The molecule has 0 bridgehead atoms. The molecule has 1 aromatic rings. The van der Waals surface area contributed by atoms with Crippen LogP contribution in [-0.4, -0.2) is 38.0 Å². The summed E-state index contributed by atoms with van der Waals surface area (Å²) in [6.45, 7) is 5.18. The van der Waals surface area contributed by atoms with E-state index in [-0.39, 0.29) is 25.4 Å². The predicted octanol–water partition coefficient (Wildman–Crippen LogP) is 2.65. The number of benzene rings is 1. The fourth-order valence-electron chi connectivity index (χ4n) is 1.97. The van der Waals surface area contributed by atoms with Crippen molar-refractivity contribution in [2.45, 2.75) is 33.2 Å². The molecule has 0 aliphatic rings. The molecule has 0 unspecified atom stereocenters. The molecule has 0 spiro atoms. The zero-order chi connectivity index (χ0) is 17.5. The largest absolute Gasteiger partial charge is 0.356 e. The average molecular weight is 361 g/mol. The fourth-order valence-corrected chi connectivity index (χ4v) is 2.90. The Kier molecular flexibility index (Phi) is 8.02. The molecule has 0 fully saturated rings. The van der Waals surface area contributed by atoms with Crippen molar-refractivity contribution in [3.05, 3.63) is 34.9 Å². The maximum atomic E-state index is 11.9. The third kappa shape index (κ3) is 8.34. The van der Waals surface area contributed by atoms with Gasteiger partial charge in [0, 0.05) is 31.1 Å². The second-order valence-electron chi connectivity index (χ2n) is 6.01. The lowest BCUT2D eigenvalue weighted by Crippen LogP contribution is -2.34. The molecule has 1 amide bonds. The van der Waals surface area contributed by atoms with Crippen LogP contribution in [0, 0.1) is 5.92 Å². The number of hydrogen-bond acceptors (Lipinski definition) is 3. The van der Waals surface area contributed by atoms with Crippen LogP contribution in [0.1, 0.15) is 32.3 Å². The van der Waals surface area contributed by atoms with Crippen molar-refractivity contribution in [2.75, 3.05) is 19.3 Å². The molecule has 130 valence electrons. The predicted molar refractivity (Wildman–Crippen MR) is 93.8 cm³/mol. The maximum Gasteiger partial charge on any atom is 0.221 e. The molecule has 0 saturated heterocycles. The molecular formula is C16H25ClN2O3S. The van der Waals surface area contributed by atoms with E-state index in [1.54, 1.807) is 24.3 Å². The van der Waals surface area contributed by atoms with Crippen LogP contribution < -0.4 is 5.32 Å². The minimum absolute atomic E-state index is 0.129. The molecule has 0 aliphatic carbocycles. The number of rotatable bonds is 9. The summed E-state index contributed by atoms with van der Waals surface area (Å²) in [7, 11) is -3.38. The van der Waals surface area contributed by atoms with E-state index in [0.29, 0.717) is 17.5 Å². The third-order valence-electron chi connectivity index (χ3n) is 3.37. The van der Waals surface area contributed by atoms with Gasteiger partial charge in [-0.2, -0.15) is 4.31 Å². The van der Waals surface area contributed by atoms with Gasteiger partial charge < -0.3 is 5.32 Å². The number of carbonyl (C=O) groups excluding carboxylic acids is 1. The van der Waals surface area contributed by atoms with E-state index in [9.17, 15) is 13.2 Å². The first-order chi connectivity index (χ1) is 10.7. The van der Waals surface area contributed by atoms with Crippen molar-refractivity contribution in [3.8, 4) is 0 Å². The van der Waals surface area contributed by atoms with E-state index < -0.39 is 10.0 Å². The van der Waals surface area contributed by atoms with Crippen molar-refractivity contribution >= 4 is 27.5 Å². The summed E-state index contributed by atoms with van der Waals surface area (Å²) in [4.78, 5) is 11.8. The molecule has 5 nitrogen and oxygen atoms in total. The Morgan fingerprint density at radius 1 is 1.26 bits per heavy atom. The lowest BCUT2D eigenvalue weighted by molar-refractivity contribution is -0.121. The van der Waals surface area contributed by atoms with E-state index in [1.165, 1.54) is 4.31 Å². The van der Waals surface area contributed by atoms with Crippen LogP contribution >= 0.6 is 11.6 Å². The molecule has 0 aromatic heterocycles. The summed E-state index contributed by atoms with van der Waals surface area (Å²) in [6.07, 6.45) is 2.21. The van der Waals surface area contributed by atoms with Gasteiger partial charge in [0.1, 0.15) is 0 Å². The van der Waals surface area contributed by atoms with Crippen LogP contribution in [0.4, 0.5) is 0 Å². The number of amides is 1. The van der Waals surface area contributed by atoms with Crippen LogP contribution in [0.25, 0.3) is 0 Å². The standard InChI is InChI=1S/C16H25ClN2O3S/c1-13(2)8-10-18-16(20)9-11-19(23(3,21)22)12-14-4-6-15(17)7-5-14/h4-7,13H,8-12H2,1-3H3,(H,18,20). The van der Waals surface area contributed by atoms with Crippen molar-refractivity contribution in [2.24, 2.45) is 5.92 Å². The maximum absolute atomic E-state index is 11.9. The molecule has 1 N–H and O–H groups in total. The molecule has 0 radical (unpaired) electrons. The molecule has 0 aliphatic heterocycles. The second-order valence-corrected chi connectivity index (χ2v) is 8.42. The zero-order valence-electron chi connectivity index (χ0n) is 13.9. The van der Waals surface area contributed by atoms with Gasteiger partial charge in [0.05, 0.1) is 6.26 Å². The highest BCUT2D eigenvalue weighted by Crippen LogP contribution is 2.13. The van der Waals surface area contributed by atoms with Crippen molar-refractivity contribution in [1.29, 1.82) is 0 Å². The van der Waals surface area contributed by atoms with Gasteiger partial charge in [0.25, 0.3) is 0 Å². The summed E-state index contributed by atoms with van der Waals surface area (Å²) in [5.41, 5.74) is 0.833. The van der Waals surface area contributed by atoms with Gasteiger partial charge in [-0.1, -0.05) is 37.6 Å².